The highest BCUT2D eigenvalue weighted by Gasteiger charge is 2.27. The number of aromatic nitrogens is 1. The molecule has 1 heterocycles. The van der Waals surface area contributed by atoms with Crippen LogP contribution < -0.4 is 0 Å². The molecule has 0 spiro atoms. The zero-order valence-electron chi connectivity index (χ0n) is 14.9. The van der Waals surface area contributed by atoms with Crippen molar-refractivity contribution >= 4 is 16.9 Å². The Labute approximate surface area is 148 Å². The van der Waals surface area contributed by atoms with Crippen LogP contribution in [0.2, 0.25) is 0 Å². The molecule has 4 rings (SSSR count). The van der Waals surface area contributed by atoms with Crippen LogP contribution in [-0.4, -0.2) is 10.8 Å². The molecule has 0 N–H and O–H groups in total. The molecule has 2 aromatic rings. The van der Waals surface area contributed by atoms with Crippen LogP contribution in [0.3, 0.4) is 0 Å². The third-order valence-electron chi connectivity index (χ3n) is 5.15. The number of pyridine rings is 1. The van der Waals surface area contributed by atoms with Crippen LogP contribution in [0, 0.1) is 6.92 Å². The number of fused-ring (bicyclic) bond motifs is 1. The van der Waals surface area contributed by atoms with Crippen molar-refractivity contribution in [2.24, 2.45) is 0 Å². The molecule has 2 heteroatoms. The Hall–Kier alpha value is -2.74. The fourth-order valence-corrected chi connectivity index (χ4v) is 3.75. The molecule has 2 aliphatic carbocycles. The van der Waals surface area contributed by atoms with Crippen LogP contribution in [0.5, 0.6) is 0 Å². The fraction of sp³-hybridized carbons (Fsp3) is 0.217. The smallest absolute Gasteiger partial charge is 0.156 e. The molecule has 1 aromatic heterocycles. The van der Waals surface area contributed by atoms with Crippen LogP contribution in [0.25, 0.3) is 22.3 Å². The maximum atomic E-state index is 12.1. The number of ketones is 1. The summed E-state index contributed by atoms with van der Waals surface area (Å²) in [7, 11) is 0. The number of aryl methyl sites for hydroxylation is 1. The van der Waals surface area contributed by atoms with Gasteiger partial charge in [-0.05, 0) is 55.5 Å². The van der Waals surface area contributed by atoms with E-state index in [-0.39, 0.29) is 5.78 Å². The lowest BCUT2D eigenvalue weighted by Crippen LogP contribution is -2.00. The lowest BCUT2D eigenvalue weighted by Gasteiger charge is -2.14. The van der Waals surface area contributed by atoms with Gasteiger partial charge < -0.3 is 0 Å². The van der Waals surface area contributed by atoms with E-state index in [0.717, 1.165) is 34.5 Å². The van der Waals surface area contributed by atoms with Crippen molar-refractivity contribution < 1.29 is 4.79 Å². The van der Waals surface area contributed by atoms with Crippen molar-refractivity contribution in [2.75, 3.05) is 0 Å². The predicted octanol–water partition coefficient (Wildman–Crippen LogP) is 5.32. The standard InChI is InChI=1S/C23H21NO/c1-14-8-10-17(11-9-14)20-13-21(18-6-4-5-7-18)24-22-12-19(16(3)25)15(2)23(20)22/h4-6,8-11,13H,7,12H2,1-3H3. The second-order valence-corrected chi connectivity index (χ2v) is 6.90. The van der Waals surface area contributed by atoms with Gasteiger partial charge in [0.2, 0.25) is 0 Å². The first-order valence-corrected chi connectivity index (χ1v) is 8.72. The molecule has 1 aromatic carbocycles. The van der Waals surface area contributed by atoms with Crippen molar-refractivity contribution in [3.8, 4) is 11.1 Å². The Kier molecular flexibility index (Phi) is 3.76. The van der Waals surface area contributed by atoms with E-state index in [9.17, 15) is 4.79 Å². The molecule has 0 aliphatic heterocycles. The van der Waals surface area contributed by atoms with E-state index in [0.29, 0.717) is 6.42 Å². The average molecular weight is 327 g/mol. The van der Waals surface area contributed by atoms with Gasteiger partial charge in [-0.15, -0.1) is 0 Å². The minimum Gasteiger partial charge on any atom is -0.295 e. The molecule has 0 bridgehead atoms. The van der Waals surface area contributed by atoms with Crippen molar-refractivity contribution in [3.05, 3.63) is 76.6 Å². The molecule has 0 saturated carbocycles. The minimum absolute atomic E-state index is 0.147. The molecule has 0 saturated heterocycles. The Bertz CT molecular complexity index is 972. The molecule has 2 nitrogen and oxygen atoms in total. The van der Waals surface area contributed by atoms with E-state index in [1.165, 1.54) is 22.3 Å². The van der Waals surface area contributed by atoms with E-state index in [4.69, 9.17) is 4.98 Å². The summed E-state index contributed by atoms with van der Waals surface area (Å²) in [6.07, 6.45) is 7.93. The average Bonchev–Trinajstić information content (AvgIpc) is 3.23. The molecule has 0 fully saturated rings. The van der Waals surface area contributed by atoms with Crippen molar-refractivity contribution in [2.45, 2.75) is 33.6 Å². The van der Waals surface area contributed by atoms with Gasteiger partial charge in [-0.2, -0.15) is 0 Å². The SMILES string of the molecule is CC(=O)C1=C(C)c2c(-c3ccc(C)cc3)cc(C3=CC=CC3)nc2C1. The Balaban J connectivity index is 1.94. The number of carbonyl (C=O) groups is 1. The summed E-state index contributed by atoms with van der Waals surface area (Å²) in [5, 5.41) is 0. The molecule has 2 aliphatic rings. The highest BCUT2D eigenvalue weighted by molar-refractivity contribution is 6.05. The van der Waals surface area contributed by atoms with Gasteiger partial charge >= 0.3 is 0 Å². The lowest BCUT2D eigenvalue weighted by atomic mass is 9.94. The van der Waals surface area contributed by atoms with Crippen LogP contribution in [-0.2, 0) is 11.2 Å². The summed E-state index contributed by atoms with van der Waals surface area (Å²) in [6.45, 7) is 5.80. The third kappa shape index (κ3) is 2.68. The van der Waals surface area contributed by atoms with E-state index < -0.39 is 0 Å². The topological polar surface area (TPSA) is 30.0 Å². The number of rotatable bonds is 3. The van der Waals surface area contributed by atoms with E-state index in [1.807, 2.05) is 0 Å². The summed E-state index contributed by atoms with van der Waals surface area (Å²) in [5.74, 6) is 0.147. The first-order chi connectivity index (χ1) is 12.0. The molecule has 0 unspecified atom stereocenters. The van der Waals surface area contributed by atoms with Gasteiger partial charge in [0, 0.05) is 17.6 Å². The van der Waals surface area contributed by atoms with Crippen LogP contribution in [0.1, 0.15) is 42.8 Å². The second kappa shape index (κ2) is 5.96. The molecule has 0 amide bonds. The first kappa shape index (κ1) is 15.8. The maximum Gasteiger partial charge on any atom is 0.156 e. The molecular formula is C23H21NO. The van der Waals surface area contributed by atoms with Gasteiger partial charge in [0.15, 0.2) is 5.78 Å². The fourth-order valence-electron chi connectivity index (χ4n) is 3.75. The van der Waals surface area contributed by atoms with Crippen molar-refractivity contribution in [3.63, 3.8) is 0 Å². The van der Waals surface area contributed by atoms with Crippen LogP contribution >= 0.6 is 0 Å². The molecular weight excluding hydrogens is 306 g/mol. The van der Waals surface area contributed by atoms with Gasteiger partial charge in [-0.1, -0.05) is 48.1 Å². The van der Waals surface area contributed by atoms with Gasteiger partial charge in [-0.25, -0.2) is 0 Å². The number of hydrogen-bond acceptors (Lipinski definition) is 2. The van der Waals surface area contributed by atoms with Gasteiger partial charge in [0.05, 0.1) is 11.4 Å². The molecule has 124 valence electrons. The van der Waals surface area contributed by atoms with E-state index in [2.05, 4.69) is 62.4 Å². The zero-order valence-corrected chi connectivity index (χ0v) is 14.9. The quantitative estimate of drug-likeness (QED) is 0.764. The predicted molar refractivity (Wildman–Crippen MR) is 103 cm³/mol. The third-order valence-corrected chi connectivity index (χ3v) is 5.15. The number of allylic oxidation sites excluding steroid dienone is 6. The molecule has 0 atom stereocenters. The molecule has 25 heavy (non-hydrogen) atoms. The number of Topliss-reactive ketones (excluding diaryl/α,β-unsaturated/α-hetero) is 1. The maximum absolute atomic E-state index is 12.1. The van der Waals surface area contributed by atoms with Gasteiger partial charge in [0.25, 0.3) is 0 Å². The van der Waals surface area contributed by atoms with Crippen molar-refractivity contribution in [1.82, 2.24) is 4.98 Å². The van der Waals surface area contributed by atoms with Crippen LogP contribution in [0.15, 0.2) is 54.1 Å². The minimum atomic E-state index is 0.147. The first-order valence-electron chi connectivity index (χ1n) is 8.72. The van der Waals surface area contributed by atoms with E-state index >= 15 is 0 Å². The normalized spacial score (nSPS) is 15.6. The highest BCUT2D eigenvalue weighted by Crippen LogP contribution is 2.40. The van der Waals surface area contributed by atoms with Gasteiger partial charge in [0.1, 0.15) is 0 Å². The van der Waals surface area contributed by atoms with E-state index in [1.54, 1.807) is 6.92 Å². The summed E-state index contributed by atoms with van der Waals surface area (Å²) in [6, 6.07) is 10.8. The van der Waals surface area contributed by atoms with Crippen molar-refractivity contribution in [1.29, 1.82) is 0 Å². The summed E-state index contributed by atoms with van der Waals surface area (Å²) < 4.78 is 0. The second-order valence-electron chi connectivity index (χ2n) is 6.90. The summed E-state index contributed by atoms with van der Waals surface area (Å²) >= 11 is 0. The van der Waals surface area contributed by atoms with Crippen LogP contribution in [0.4, 0.5) is 0 Å². The monoisotopic (exact) mass is 327 g/mol. The largest absolute Gasteiger partial charge is 0.295 e. The number of hydrogen-bond donors (Lipinski definition) is 0. The lowest BCUT2D eigenvalue weighted by molar-refractivity contribution is -0.113. The number of nitrogens with zero attached hydrogens (tertiary/aromatic N) is 1. The Morgan fingerprint density at radius 1 is 1.12 bits per heavy atom. The number of carbonyl (C=O) groups excluding carboxylic acids is 1. The number of benzene rings is 1. The summed E-state index contributed by atoms with van der Waals surface area (Å²) in [4.78, 5) is 17.0. The highest BCUT2D eigenvalue weighted by atomic mass is 16.1. The zero-order chi connectivity index (χ0) is 17.6. The van der Waals surface area contributed by atoms with Gasteiger partial charge in [-0.3, -0.25) is 9.78 Å². The summed E-state index contributed by atoms with van der Waals surface area (Å²) in [5.41, 5.74) is 10.0. The Morgan fingerprint density at radius 3 is 2.52 bits per heavy atom. The molecule has 0 radical (unpaired) electrons. The Morgan fingerprint density at radius 2 is 1.88 bits per heavy atom.